The molecule has 0 saturated heterocycles. The normalized spacial score (nSPS) is 9.75. The van der Waals surface area contributed by atoms with E-state index in [1.165, 1.54) is 0 Å². The maximum Gasteiger partial charge on any atom is 0.252 e. The second-order valence-corrected chi connectivity index (χ2v) is 3.12. The van der Waals surface area contributed by atoms with Gasteiger partial charge in [0.2, 0.25) is 0 Å². The zero-order valence-corrected chi connectivity index (χ0v) is 8.42. The van der Waals surface area contributed by atoms with Crippen LogP contribution in [-0.2, 0) is 0 Å². The maximum absolute atomic E-state index is 11.1. The predicted octanol–water partition coefficient (Wildman–Crippen LogP) is 1.32. The van der Waals surface area contributed by atoms with Crippen molar-refractivity contribution in [2.75, 3.05) is 5.32 Å². The molecule has 0 saturated carbocycles. The molecule has 16 heavy (non-hydrogen) atoms. The minimum Gasteiger partial charge on any atom is -0.365 e. The van der Waals surface area contributed by atoms with Crippen molar-refractivity contribution in [3.05, 3.63) is 48.4 Å². The monoisotopic (exact) mass is 214 g/mol. The van der Waals surface area contributed by atoms with Gasteiger partial charge in [0.25, 0.3) is 5.91 Å². The lowest BCUT2D eigenvalue weighted by molar-refractivity contribution is 0.100. The predicted molar refractivity (Wildman–Crippen MR) is 60.3 cm³/mol. The highest BCUT2D eigenvalue weighted by atomic mass is 16.1. The van der Waals surface area contributed by atoms with Crippen LogP contribution in [0.4, 0.5) is 11.5 Å². The molecule has 0 aliphatic carbocycles. The van der Waals surface area contributed by atoms with E-state index in [0.717, 1.165) is 5.69 Å². The summed E-state index contributed by atoms with van der Waals surface area (Å²) in [5, 5.41) is 3.00. The van der Waals surface area contributed by atoms with Crippen LogP contribution in [0.25, 0.3) is 0 Å². The van der Waals surface area contributed by atoms with E-state index in [4.69, 9.17) is 5.73 Å². The number of nitrogens with zero attached hydrogens (tertiary/aromatic N) is 2. The maximum atomic E-state index is 11.1. The van der Waals surface area contributed by atoms with Gasteiger partial charge in [0.05, 0.1) is 5.56 Å². The Morgan fingerprint density at radius 2 is 1.94 bits per heavy atom. The quantitative estimate of drug-likeness (QED) is 0.807. The van der Waals surface area contributed by atoms with E-state index in [9.17, 15) is 4.79 Å². The molecule has 0 aliphatic rings. The molecule has 5 heteroatoms. The Hall–Kier alpha value is -2.43. The van der Waals surface area contributed by atoms with E-state index in [2.05, 4.69) is 15.3 Å². The highest BCUT2D eigenvalue weighted by molar-refractivity contribution is 5.98. The zero-order valence-electron chi connectivity index (χ0n) is 8.42. The molecule has 2 aromatic heterocycles. The van der Waals surface area contributed by atoms with Gasteiger partial charge in [0.15, 0.2) is 0 Å². The van der Waals surface area contributed by atoms with Crippen molar-refractivity contribution >= 4 is 17.4 Å². The topological polar surface area (TPSA) is 80.9 Å². The largest absolute Gasteiger partial charge is 0.365 e. The summed E-state index contributed by atoms with van der Waals surface area (Å²) in [6, 6.07) is 6.84. The molecule has 0 spiro atoms. The number of amides is 1. The van der Waals surface area contributed by atoms with Gasteiger partial charge < -0.3 is 11.1 Å². The van der Waals surface area contributed by atoms with Gasteiger partial charge in [0, 0.05) is 24.3 Å². The van der Waals surface area contributed by atoms with Gasteiger partial charge in [0.1, 0.15) is 5.82 Å². The number of carbonyl (C=O) groups is 1. The average molecular weight is 214 g/mol. The Bertz CT molecular complexity index is 498. The van der Waals surface area contributed by atoms with Crippen molar-refractivity contribution in [3.63, 3.8) is 0 Å². The van der Waals surface area contributed by atoms with Crippen LogP contribution >= 0.6 is 0 Å². The van der Waals surface area contributed by atoms with Crippen LogP contribution in [0.5, 0.6) is 0 Å². The molecule has 2 rings (SSSR count). The molecule has 0 aliphatic heterocycles. The Balaban J connectivity index is 2.31. The first-order chi connectivity index (χ1) is 7.77. The Kier molecular flexibility index (Phi) is 2.77. The first kappa shape index (κ1) is 10.1. The van der Waals surface area contributed by atoms with E-state index in [1.54, 1.807) is 42.9 Å². The van der Waals surface area contributed by atoms with Crippen LogP contribution in [0.2, 0.25) is 0 Å². The number of rotatable bonds is 3. The fraction of sp³-hybridized carbons (Fsp3) is 0. The van der Waals surface area contributed by atoms with Gasteiger partial charge in [-0.05, 0) is 24.3 Å². The SMILES string of the molecule is NC(=O)c1cccnc1Nc1ccncc1. The number of primary amides is 1. The third-order valence-corrected chi connectivity index (χ3v) is 2.02. The summed E-state index contributed by atoms with van der Waals surface area (Å²) in [4.78, 5) is 19.1. The number of aromatic nitrogens is 2. The number of hydrogen-bond acceptors (Lipinski definition) is 4. The van der Waals surface area contributed by atoms with Gasteiger partial charge in [-0.1, -0.05) is 0 Å². The van der Waals surface area contributed by atoms with Crippen LogP contribution in [-0.4, -0.2) is 15.9 Å². The van der Waals surface area contributed by atoms with Crippen LogP contribution < -0.4 is 11.1 Å². The van der Waals surface area contributed by atoms with Gasteiger partial charge in [-0.15, -0.1) is 0 Å². The van der Waals surface area contributed by atoms with E-state index in [-0.39, 0.29) is 0 Å². The lowest BCUT2D eigenvalue weighted by Crippen LogP contribution is -2.14. The second-order valence-electron chi connectivity index (χ2n) is 3.12. The summed E-state index contributed by atoms with van der Waals surface area (Å²) in [5.74, 6) is -0.0640. The molecule has 0 fully saturated rings. The fourth-order valence-corrected chi connectivity index (χ4v) is 1.28. The Morgan fingerprint density at radius 3 is 2.62 bits per heavy atom. The van der Waals surface area contributed by atoms with Gasteiger partial charge in [-0.25, -0.2) is 4.98 Å². The van der Waals surface area contributed by atoms with Crippen molar-refractivity contribution < 1.29 is 4.79 Å². The Morgan fingerprint density at radius 1 is 1.19 bits per heavy atom. The molecule has 80 valence electrons. The number of carbonyl (C=O) groups excluding carboxylic acids is 1. The minimum absolute atomic E-state index is 0.360. The van der Waals surface area contributed by atoms with Crippen molar-refractivity contribution in [1.82, 2.24) is 9.97 Å². The van der Waals surface area contributed by atoms with Crippen molar-refractivity contribution in [2.45, 2.75) is 0 Å². The zero-order chi connectivity index (χ0) is 11.4. The number of nitrogens with two attached hydrogens (primary N) is 1. The smallest absolute Gasteiger partial charge is 0.252 e. The molecule has 0 radical (unpaired) electrons. The molecule has 0 bridgehead atoms. The first-order valence-electron chi connectivity index (χ1n) is 4.69. The molecule has 0 aromatic carbocycles. The minimum atomic E-state index is -0.510. The molecule has 1 amide bonds. The third kappa shape index (κ3) is 2.14. The summed E-state index contributed by atoms with van der Waals surface area (Å²) in [6.45, 7) is 0. The second kappa shape index (κ2) is 4.39. The molecule has 2 heterocycles. The lowest BCUT2D eigenvalue weighted by Gasteiger charge is -2.07. The molecule has 3 N–H and O–H groups in total. The van der Waals surface area contributed by atoms with E-state index in [0.29, 0.717) is 11.4 Å². The van der Waals surface area contributed by atoms with E-state index >= 15 is 0 Å². The first-order valence-corrected chi connectivity index (χ1v) is 4.69. The molecule has 0 unspecified atom stereocenters. The van der Waals surface area contributed by atoms with E-state index < -0.39 is 5.91 Å². The van der Waals surface area contributed by atoms with Crippen LogP contribution in [0.15, 0.2) is 42.9 Å². The summed E-state index contributed by atoms with van der Waals surface area (Å²) < 4.78 is 0. The van der Waals surface area contributed by atoms with Crippen LogP contribution in [0.3, 0.4) is 0 Å². The number of anilines is 2. The van der Waals surface area contributed by atoms with Crippen LogP contribution in [0.1, 0.15) is 10.4 Å². The summed E-state index contributed by atoms with van der Waals surface area (Å²) in [7, 11) is 0. The fourth-order valence-electron chi connectivity index (χ4n) is 1.28. The molecular weight excluding hydrogens is 204 g/mol. The molecule has 0 atom stereocenters. The van der Waals surface area contributed by atoms with E-state index in [1.807, 2.05) is 0 Å². The number of nitrogens with one attached hydrogen (secondary N) is 1. The molecular formula is C11H10N4O. The Labute approximate surface area is 92.3 Å². The van der Waals surface area contributed by atoms with Crippen molar-refractivity contribution in [3.8, 4) is 0 Å². The van der Waals surface area contributed by atoms with Gasteiger partial charge in [-0.2, -0.15) is 0 Å². The summed E-state index contributed by atoms with van der Waals surface area (Å²) in [6.07, 6.45) is 4.89. The van der Waals surface area contributed by atoms with Gasteiger partial charge >= 0.3 is 0 Å². The standard InChI is InChI=1S/C11H10N4O/c12-10(16)9-2-1-5-14-11(9)15-8-3-6-13-7-4-8/h1-7H,(H2,12,16)(H,13,14,15). The lowest BCUT2D eigenvalue weighted by atomic mass is 10.2. The summed E-state index contributed by atoms with van der Waals surface area (Å²) in [5.41, 5.74) is 6.40. The third-order valence-electron chi connectivity index (χ3n) is 2.02. The summed E-state index contributed by atoms with van der Waals surface area (Å²) >= 11 is 0. The molecule has 2 aromatic rings. The highest BCUT2D eigenvalue weighted by Gasteiger charge is 2.08. The van der Waals surface area contributed by atoms with Crippen molar-refractivity contribution in [2.24, 2.45) is 5.73 Å². The van der Waals surface area contributed by atoms with Crippen molar-refractivity contribution in [1.29, 1.82) is 0 Å². The number of hydrogen-bond donors (Lipinski definition) is 2. The highest BCUT2D eigenvalue weighted by Crippen LogP contribution is 2.16. The van der Waals surface area contributed by atoms with Gasteiger partial charge in [-0.3, -0.25) is 9.78 Å². The average Bonchev–Trinajstić information content (AvgIpc) is 2.31. The number of pyridine rings is 2. The molecule has 5 nitrogen and oxygen atoms in total. The van der Waals surface area contributed by atoms with Crippen LogP contribution in [0, 0.1) is 0 Å².